The molecule has 1 aliphatic heterocycles. The SMILES string of the molecule is O=S(=O)(c1cnn2c1OCCC2)N(c1ccsc1)C1CCCCC1. The summed E-state index contributed by atoms with van der Waals surface area (Å²) in [6, 6.07) is 1.89. The minimum absolute atomic E-state index is 0.0116. The maximum Gasteiger partial charge on any atom is 0.271 e. The second-order valence-corrected chi connectivity index (χ2v) is 8.88. The van der Waals surface area contributed by atoms with E-state index >= 15 is 0 Å². The van der Waals surface area contributed by atoms with Gasteiger partial charge in [0.1, 0.15) is 0 Å². The van der Waals surface area contributed by atoms with E-state index in [2.05, 4.69) is 5.10 Å². The smallest absolute Gasteiger partial charge is 0.271 e. The molecule has 3 heterocycles. The van der Waals surface area contributed by atoms with Crippen LogP contribution in [0.2, 0.25) is 0 Å². The van der Waals surface area contributed by atoms with Gasteiger partial charge in [-0.3, -0.25) is 4.31 Å². The number of rotatable bonds is 4. The van der Waals surface area contributed by atoms with Crippen molar-refractivity contribution < 1.29 is 13.2 Å². The lowest BCUT2D eigenvalue weighted by Gasteiger charge is -2.34. The van der Waals surface area contributed by atoms with Crippen molar-refractivity contribution in [2.75, 3.05) is 10.9 Å². The Morgan fingerprint density at radius 1 is 1.25 bits per heavy atom. The van der Waals surface area contributed by atoms with E-state index < -0.39 is 10.0 Å². The Hall–Kier alpha value is -1.54. The number of sulfonamides is 1. The van der Waals surface area contributed by atoms with Crippen LogP contribution < -0.4 is 9.04 Å². The molecular formula is C16H21N3O3S2. The lowest BCUT2D eigenvalue weighted by molar-refractivity contribution is 0.224. The zero-order valence-electron chi connectivity index (χ0n) is 13.4. The molecule has 0 radical (unpaired) electrons. The van der Waals surface area contributed by atoms with Crippen LogP contribution in [0.25, 0.3) is 0 Å². The van der Waals surface area contributed by atoms with Crippen LogP contribution in [0.3, 0.4) is 0 Å². The van der Waals surface area contributed by atoms with Gasteiger partial charge in [0.25, 0.3) is 10.0 Å². The molecule has 2 aliphatic rings. The molecule has 1 saturated carbocycles. The minimum atomic E-state index is -3.69. The van der Waals surface area contributed by atoms with Gasteiger partial charge in [-0.15, -0.1) is 0 Å². The number of hydrogen-bond acceptors (Lipinski definition) is 5. The lowest BCUT2D eigenvalue weighted by Crippen LogP contribution is -2.41. The van der Waals surface area contributed by atoms with Crippen molar-refractivity contribution in [2.45, 2.75) is 56.0 Å². The van der Waals surface area contributed by atoms with Gasteiger partial charge in [-0.2, -0.15) is 16.4 Å². The van der Waals surface area contributed by atoms with Crippen molar-refractivity contribution >= 4 is 27.0 Å². The van der Waals surface area contributed by atoms with Gasteiger partial charge in [-0.05, 0) is 24.3 Å². The van der Waals surface area contributed by atoms with Crippen molar-refractivity contribution in [3.63, 3.8) is 0 Å². The zero-order valence-corrected chi connectivity index (χ0v) is 15.1. The molecule has 130 valence electrons. The van der Waals surface area contributed by atoms with Crippen LogP contribution in [0.1, 0.15) is 38.5 Å². The number of thiophene rings is 1. The monoisotopic (exact) mass is 367 g/mol. The fourth-order valence-corrected chi connectivity index (χ4v) is 6.04. The van der Waals surface area contributed by atoms with Gasteiger partial charge >= 0.3 is 0 Å². The molecule has 1 fully saturated rings. The highest BCUT2D eigenvalue weighted by Gasteiger charge is 2.37. The van der Waals surface area contributed by atoms with Gasteiger partial charge in [-0.25, -0.2) is 13.1 Å². The fraction of sp³-hybridized carbons (Fsp3) is 0.562. The molecule has 24 heavy (non-hydrogen) atoms. The molecule has 0 N–H and O–H groups in total. The maximum absolute atomic E-state index is 13.5. The van der Waals surface area contributed by atoms with E-state index in [1.54, 1.807) is 8.99 Å². The number of aromatic nitrogens is 2. The minimum Gasteiger partial charge on any atom is -0.477 e. The molecule has 1 aliphatic carbocycles. The Kier molecular flexibility index (Phi) is 4.26. The maximum atomic E-state index is 13.5. The number of aryl methyl sites for hydroxylation is 1. The van der Waals surface area contributed by atoms with E-state index in [4.69, 9.17) is 4.74 Å². The van der Waals surface area contributed by atoms with Gasteiger partial charge in [-0.1, -0.05) is 19.3 Å². The summed E-state index contributed by atoms with van der Waals surface area (Å²) in [4.78, 5) is 0.193. The van der Waals surface area contributed by atoms with Crippen LogP contribution in [-0.2, 0) is 16.6 Å². The van der Waals surface area contributed by atoms with Crippen LogP contribution in [-0.4, -0.2) is 30.8 Å². The predicted molar refractivity (Wildman–Crippen MR) is 93.2 cm³/mol. The Morgan fingerprint density at radius 3 is 2.83 bits per heavy atom. The van der Waals surface area contributed by atoms with Crippen molar-refractivity contribution in [3.8, 4) is 5.88 Å². The highest BCUT2D eigenvalue weighted by atomic mass is 32.2. The van der Waals surface area contributed by atoms with E-state index in [0.29, 0.717) is 19.0 Å². The molecule has 2 aromatic heterocycles. The molecule has 0 bridgehead atoms. The molecule has 6 nitrogen and oxygen atoms in total. The van der Waals surface area contributed by atoms with Gasteiger partial charge in [0.2, 0.25) is 5.88 Å². The highest BCUT2D eigenvalue weighted by Crippen LogP contribution is 2.37. The summed E-state index contributed by atoms with van der Waals surface area (Å²) in [5, 5.41) is 8.05. The highest BCUT2D eigenvalue weighted by molar-refractivity contribution is 7.93. The molecule has 0 saturated heterocycles. The summed E-state index contributed by atoms with van der Waals surface area (Å²) < 4.78 is 35.8. The quantitative estimate of drug-likeness (QED) is 0.832. The summed E-state index contributed by atoms with van der Waals surface area (Å²) in [6.45, 7) is 1.24. The number of hydrogen-bond donors (Lipinski definition) is 0. The molecule has 0 aromatic carbocycles. The average molecular weight is 367 g/mol. The van der Waals surface area contributed by atoms with E-state index in [0.717, 1.165) is 37.8 Å². The first-order valence-electron chi connectivity index (χ1n) is 8.43. The Morgan fingerprint density at radius 2 is 2.08 bits per heavy atom. The van der Waals surface area contributed by atoms with E-state index in [1.807, 2.05) is 16.8 Å². The van der Waals surface area contributed by atoms with Crippen LogP contribution in [0.5, 0.6) is 5.88 Å². The molecule has 4 rings (SSSR count). The Balaban J connectivity index is 1.77. The summed E-state index contributed by atoms with van der Waals surface area (Å²) in [5.41, 5.74) is 0.752. The third-order valence-corrected chi connectivity index (χ3v) is 7.25. The zero-order chi connectivity index (χ0) is 16.6. The van der Waals surface area contributed by atoms with Crippen molar-refractivity contribution in [2.24, 2.45) is 0 Å². The summed E-state index contributed by atoms with van der Waals surface area (Å²) in [5.74, 6) is 0.386. The van der Waals surface area contributed by atoms with E-state index in [1.165, 1.54) is 24.0 Å². The first-order chi connectivity index (χ1) is 11.7. The second kappa shape index (κ2) is 6.40. The summed E-state index contributed by atoms with van der Waals surface area (Å²) >= 11 is 1.52. The molecule has 0 amide bonds. The molecule has 0 unspecified atom stereocenters. The first-order valence-corrected chi connectivity index (χ1v) is 10.8. The van der Waals surface area contributed by atoms with Crippen molar-refractivity contribution in [1.82, 2.24) is 9.78 Å². The largest absolute Gasteiger partial charge is 0.477 e. The van der Waals surface area contributed by atoms with Gasteiger partial charge in [0, 0.05) is 24.4 Å². The first kappa shape index (κ1) is 16.0. The third kappa shape index (κ3) is 2.71. The summed E-state index contributed by atoms with van der Waals surface area (Å²) in [7, 11) is -3.69. The van der Waals surface area contributed by atoms with Gasteiger partial charge < -0.3 is 4.74 Å². The Labute approximate surface area is 146 Å². The summed E-state index contributed by atoms with van der Waals surface area (Å²) in [6.07, 6.45) is 7.43. The second-order valence-electron chi connectivity index (χ2n) is 6.31. The fourth-order valence-electron chi connectivity index (χ4n) is 3.57. The van der Waals surface area contributed by atoms with Gasteiger partial charge in [0.15, 0.2) is 4.90 Å². The Bertz CT molecular complexity index is 793. The topological polar surface area (TPSA) is 64.4 Å². The van der Waals surface area contributed by atoms with Crippen LogP contribution >= 0.6 is 11.3 Å². The molecule has 0 atom stereocenters. The standard InChI is InChI=1S/C16H21N3O3S2/c20-24(21,15-11-17-18-8-4-9-22-16(15)18)19(14-7-10-23-12-14)13-5-2-1-3-6-13/h7,10-13H,1-6,8-9H2. The van der Waals surface area contributed by atoms with Crippen LogP contribution in [0.15, 0.2) is 27.9 Å². The number of ether oxygens (including phenoxy) is 1. The molecular weight excluding hydrogens is 346 g/mol. The lowest BCUT2D eigenvalue weighted by atomic mass is 9.95. The number of nitrogens with zero attached hydrogens (tertiary/aromatic N) is 3. The normalized spacial score (nSPS) is 18.8. The van der Waals surface area contributed by atoms with E-state index in [-0.39, 0.29) is 10.9 Å². The predicted octanol–water partition coefficient (Wildman–Crippen LogP) is 3.26. The van der Waals surface area contributed by atoms with Gasteiger partial charge in [0.05, 0.1) is 18.5 Å². The molecule has 2 aromatic rings. The average Bonchev–Trinajstić information content (AvgIpc) is 3.25. The number of fused-ring (bicyclic) bond motifs is 1. The van der Waals surface area contributed by atoms with Crippen LogP contribution in [0.4, 0.5) is 5.69 Å². The number of anilines is 1. The molecule has 8 heteroatoms. The van der Waals surface area contributed by atoms with Crippen LogP contribution in [0, 0.1) is 0 Å². The van der Waals surface area contributed by atoms with Crippen molar-refractivity contribution in [3.05, 3.63) is 23.0 Å². The van der Waals surface area contributed by atoms with Crippen molar-refractivity contribution in [1.29, 1.82) is 0 Å². The third-order valence-electron chi connectivity index (χ3n) is 4.72. The van der Waals surface area contributed by atoms with E-state index in [9.17, 15) is 8.42 Å². The molecule has 0 spiro atoms.